The molecule has 0 amide bonds. The summed E-state index contributed by atoms with van der Waals surface area (Å²) in [6.45, 7) is 6.32. The van der Waals surface area contributed by atoms with Gasteiger partial charge < -0.3 is 0 Å². The molecule has 1 saturated heterocycles. The third-order valence-electron chi connectivity index (χ3n) is 1.83. The molecular formula is C8H17NOS. The average Bonchev–Trinajstić information content (AvgIpc) is 2.35. The predicted octanol–water partition coefficient (Wildman–Crippen LogP) is 1.40. The molecule has 1 rings (SSSR count). The Morgan fingerprint density at radius 3 is 2.36 bits per heavy atom. The van der Waals surface area contributed by atoms with Crippen LogP contribution < -0.4 is 0 Å². The van der Waals surface area contributed by atoms with E-state index in [0.717, 1.165) is 18.8 Å². The molecule has 0 aromatic heterocycles. The molecule has 2 nitrogen and oxygen atoms in total. The van der Waals surface area contributed by atoms with Crippen molar-refractivity contribution in [2.45, 2.75) is 26.7 Å². The Morgan fingerprint density at radius 1 is 1.36 bits per heavy atom. The van der Waals surface area contributed by atoms with Crippen molar-refractivity contribution in [3.8, 4) is 0 Å². The Morgan fingerprint density at radius 2 is 1.91 bits per heavy atom. The SMILES string of the molecule is CC(C)CS(=O)N1CCCC1. The normalized spacial score (nSPS) is 22.8. The van der Waals surface area contributed by atoms with E-state index in [-0.39, 0.29) is 0 Å². The molecule has 1 atom stereocenters. The lowest BCUT2D eigenvalue weighted by Crippen LogP contribution is -2.25. The van der Waals surface area contributed by atoms with E-state index in [1.54, 1.807) is 0 Å². The van der Waals surface area contributed by atoms with E-state index in [2.05, 4.69) is 18.2 Å². The van der Waals surface area contributed by atoms with Crippen LogP contribution in [0.5, 0.6) is 0 Å². The molecule has 1 unspecified atom stereocenters. The van der Waals surface area contributed by atoms with Gasteiger partial charge in [0.15, 0.2) is 0 Å². The van der Waals surface area contributed by atoms with E-state index in [0.29, 0.717) is 5.92 Å². The maximum absolute atomic E-state index is 11.5. The standard InChI is InChI=1S/C8H17NOS/c1-8(2)7-11(10)9-5-3-4-6-9/h8H,3-7H2,1-2H3. The van der Waals surface area contributed by atoms with Gasteiger partial charge >= 0.3 is 0 Å². The van der Waals surface area contributed by atoms with Crippen LogP contribution in [0.25, 0.3) is 0 Å². The maximum atomic E-state index is 11.5. The molecule has 1 aliphatic heterocycles. The van der Waals surface area contributed by atoms with Gasteiger partial charge in [0.2, 0.25) is 0 Å². The first-order valence-electron chi connectivity index (χ1n) is 4.33. The van der Waals surface area contributed by atoms with Crippen molar-refractivity contribution in [2.24, 2.45) is 5.92 Å². The van der Waals surface area contributed by atoms with Crippen molar-refractivity contribution in [3.05, 3.63) is 0 Å². The van der Waals surface area contributed by atoms with Crippen LogP contribution in [-0.2, 0) is 11.0 Å². The molecule has 0 N–H and O–H groups in total. The van der Waals surface area contributed by atoms with Gasteiger partial charge in [-0.3, -0.25) is 0 Å². The van der Waals surface area contributed by atoms with E-state index in [1.807, 2.05) is 0 Å². The van der Waals surface area contributed by atoms with E-state index in [9.17, 15) is 4.21 Å². The van der Waals surface area contributed by atoms with E-state index in [1.165, 1.54) is 12.8 Å². The fourth-order valence-corrected chi connectivity index (χ4v) is 2.73. The zero-order chi connectivity index (χ0) is 8.27. The first kappa shape index (κ1) is 9.20. The Kier molecular flexibility index (Phi) is 3.52. The van der Waals surface area contributed by atoms with Crippen LogP contribution in [0, 0.1) is 5.92 Å². The second-order valence-corrected chi connectivity index (χ2v) is 5.01. The summed E-state index contributed by atoms with van der Waals surface area (Å²) in [4.78, 5) is 0. The summed E-state index contributed by atoms with van der Waals surface area (Å²) in [6.07, 6.45) is 2.45. The molecule has 66 valence electrons. The molecule has 1 fully saturated rings. The van der Waals surface area contributed by atoms with Crippen LogP contribution >= 0.6 is 0 Å². The van der Waals surface area contributed by atoms with Crippen LogP contribution in [-0.4, -0.2) is 27.4 Å². The minimum absolute atomic E-state index is 0.552. The first-order valence-corrected chi connectivity index (χ1v) is 5.61. The van der Waals surface area contributed by atoms with Gasteiger partial charge in [0.05, 0.1) is 11.0 Å². The second-order valence-electron chi connectivity index (χ2n) is 3.52. The first-order chi connectivity index (χ1) is 5.20. The number of hydrogen-bond acceptors (Lipinski definition) is 1. The summed E-state index contributed by atoms with van der Waals surface area (Å²) >= 11 is 0. The van der Waals surface area contributed by atoms with Crippen molar-refractivity contribution in [2.75, 3.05) is 18.8 Å². The van der Waals surface area contributed by atoms with Gasteiger partial charge in [-0.05, 0) is 18.8 Å². The van der Waals surface area contributed by atoms with Crippen molar-refractivity contribution in [1.29, 1.82) is 0 Å². The lowest BCUT2D eigenvalue weighted by molar-refractivity contribution is 0.528. The summed E-state index contributed by atoms with van der Waals surface area (Å²) < 4.78 is 13.6. The molecular weight excluding hydrogens is 158 g/mol. The van der Waals surface area contributed by atoms with Gasteiger partial charge in [0.1, 0.15) is 0 Å². The summed E-state index contributed by atoms with van der Waals surface area (Å²) in [7, 11) is -0.692. The molecule has 0 aliphatic carbocycles. The second kappa shape index (κ2) is 4.21. The number of rotatable bonds is 3. The molecule has 0 bridgehead atoms. The van der Waals surface area contributed by atoms with Gasteiger partial charge in [0.25, 0.3) is 0 Å². The monoisotopic (exact) mass is 175 g/mol. The predicted molar refractivity (Wildman–Crippen MR) is 48.7 cm³/mol. The highest BCUT2D eigenvalue weighted by Gasteiger charge is 2.17. The molecule has 0 radical (unpaired) electrons. The van der Waals surface area contributed by atoms with Gasteiger partial charge in [-0.2, -0.15) is 0 Å². The zero-order valence-corrected chi connectivity index (χ0v) is 8.19. The highest BCUT2D eigenvalue weighted by Crippen LogP contribution is 2.11. The van der Waals surface area contributed by atoms with Crippen LogP contribution in [0.4, 0.5) is 0 Å². The van der Waals surface area contributed by atoms with Gasteiger partial charge in [0, 0.05) is 18.8 Å². The molecule has 0 saturated carbocycles. The van der Waals surface area contributed by atoms with Crippen LogP contribution in [0.1, 0.15) is 26.7 Å². The van der Waals surface area contributed by atoms with Crippen LogP contribution in [0.2, 0.25) is 0 Å². The van der Waals surface area contributed by atoms with Crippen molar-refractivity contribution in [1.82, 2.24) is 4.31 Å². The van der Waals surface area contributed by atoms with Gasteiger partial charge in [-0.25, -0.2) is 8.51 Å². The number of nitrogens with zero attached hydrogens (tertiary/aromatic N) is 1. The Bertz CT molecular complexity index is 141. The highest BCUT2D eigenvalue weighted by molar-refractivity contribution is 7.82. The third-order valence-corrected chi connectivity index (χ3v) is 3.72. The summed E-state index contributed by atoms with van der Waals surface area (Å²) in [6, 6.07) is 0. The molecule has 0 aromatic carbocycles. The van der Waals surface area contributed by atoms with Gasteiger partial charge in [-0.15, -0.1) is 0 Å². The summed E-state index contributed by atoms with van der Waals surface area (Å²) in [5.41, 5.74) is 0. The summed E-state index contributed by atoms with van der Waals surface area (Å²) in [5, 5.41) is 0. The fourth-order valence-electron chi connectivity index (χ4n) is 1.28. The largest absolute Gasteiger partial charge is 0.243 e. The minimum atomic E-state index is -0.692. The van der Waals surface area contributed by atoms with Crippen LogP contribution in [0.3, 0.4) is 0 Å². The van der Waals surface area contributed by atoms with E-state index < -0.39 is 11.0 Å². The smallest absolute Gasteiger partial charge is 0.0945 e. The van der Waals surface area contributed by atoms with Crippen molar-refractivity contribution < 1.29 is 4.21 Å². The lowest BCUT2D eigenvalue weighted by Gasteiger charge is -2.14. The molecule has 1 aliphatic rings. The maximum Gasteiger partial charge on any atom is 0.0945 e. The Balaban J connectivity index is 2.28. The Hall–Kier alpha value is 0.110. The van der Waals surface area contributed by atoms with E-state index >= 15 is 0 Å². The minimum Gasteiger partial charge on any atom is -0.243 e. The molecule has 0 aromatic rings. The Labute approximate surface area is 71.6 Å². The van der Waals surface area contributed by atoms with E-state index in [4.69, 9.17) is 0 Å². The van der Waals surface area contributed by atoms with Crippen LogP contribution in [0.15, 0.2) is 0 Å². The van der Waals surface area contributed by atoms with Crippen molar-refractivity contribution >= 4 is 11.0 Å². The van der Waals surface area contributed by atoms with Gasteiger partial charge in [-0.1, -0.05) is 13.8 Å². The van der Waals surface area contributed by atoms with Crippen molar-refractivity contribution in [3.63, 3.8) is 0 Å². The molecule has 0 spiro atoms. The quantitative estimate of drug-likeness (QED) is 0.635. The molecule has 1 heterocycles. The lowest BCUT2D eigenvalue weighted by atomic mass is 10.3. The zero-order valence-electron chi connectivity index (χ0n) is 7.38. The fraction of sp³-hybridized carbons (Fsp3) is 1.00. The third kappa shape index (κ3) is 2.91. The summed E-state index contributed by atoms with van der Waals surface area (Å²) in [5.74, 6) is 1.39. The topological polar surface area (TPSA) is 20.3 Å². The number of hydrogen-bond donors (Lipinski definition) is 0. The average molecular weight is 175 g/mol. The molecule has 3 heteroatoms. The highest BCUT2D eigenvalue weighted by atomic mass is 32.2. The molecule has 11 heavy (non-hydrogen) atoms.